The molecule has 1 amide bonds. The molecule has 6 heteroatoms. The van der Waals surface area contributed by atoms with Crippen LogP contribution in [-0.2, 0) is 4.79 Å². The molecule has 1 N–H and O–H groups in total. The molecule has 0 bridgehead atoms. The highest BCUT2D eigenvalue weighted by atomic mass is 32.2. The fourth-order valence-corrected chi connectivity index (χ4v) is 3.93. The van der Waals surface area contributed by atoms with Crippen molar-refractivity contribution in [2.75, 3.05) is 5.75 Å². The van der Waals surface area contributed by atoms with E-state index in [9.17, 15) is 4.79 Å². The Morgan fingerprint density at radius 2 is 1.92 bits per heavy atom. The summed E-state index contributed by atoms with van der Waals surface area (Å²) in [6, 6.07) is 8.80. The van der Waals surface area contributed by atoms with Gasteiger partial charge in [-0.05, 0) is 40.0 Å². The first kappa shape index (κ1) is 17.0. The van der Waals surface area contributed by atoms with Crippen molar-refractivity contribution in [3.63, 3.8) is 0 Å². The minimum absolute atomic E-state index is 0.182. The van der Waals surface area contributed by atoms with E-state index in [-0.39, 0.29) is 5.91 Å². The summed E-state index contributed by atoms with van der Waals surface area (Å²) >= 11 is 1.40. The van der Waals surface area contributed by atoms with Crippen LogP contribution in [0.3, 0.4) is 0 Å². The Morgan fingerprint density at radius 1 is 1.25 bits per heavy atom. The maximum atomic E-state index is 12.5. The average molecular weight is 344 g/mol. The Balaban J connectivity index is 1.61. The lowest BCUT2D eigenvalue weighted by atomic mass is 9.98. The van der Waals surface area contributed by atoms with Crippen molar-refractivity contribution in [3.05, 3.63) is 29.8 Å². The number of rotatable bonds is 4. The number of carbonyl (C=O) groups excluding carboxylic acids is 1. The topological polar surface area (TPSA) is 61.9 Å². The molecule has 1 saturated heterocycles. The standard InChI is InChI=1S/C18H24N4OS/c1-12-7-9-15(10-8-12)17-19-18(21-20-17)24-11-16(23)22-13(2)5-4-6-14(22)3/h7-10,13-14H,4-6,11H2,1-3H3,(H,19,20,21)/t13-,14-/m1/s1. The van der Waals surface area contributed by atoms with Gasteiger partial charge in [0.15, 0.2) is 5.82 Å². The Bertz CT molecular complexity index is 687. The molecular formula is C18H24N4OS. The second-order valence-corrected chi connectivity index (χ2v) is 7.49. The predicted molar refractivity (Wildman–Crippen MR) is 96.9 cm³/mol. The molecule has 1 fully saturated rings. The summed E-state index contributed by atoms with van der Waals surface area (Å²) in [6.45, 7) is 6.33. The molecule has 2 heterocycles. The number of amides is 1. The molecule has 1 aliphatic rings. The first-order chi connectivity index (χ1) is 11.5. The summed E-state index contributed by atoms with van der Waals surface area (Å²) in [4.78, 5) is 19.1. The van der Waals surface area contributed by atoms with Crippen LogP contribution in [0.2, 0.25) is 0 Å². The van der Waals surface area contributed by atoms with E-state index in [1.165, 1.54) is 23.7 Å². The summed E-state index contributed by atoms with van der Waals surface area (Å²) < 4.78 is 0. The number of nitrogens with one attached hydrogen (secondary N) is 1. The maximum absolute atomic E-state index is 12.5. The molecule has 1 aromatic heterocycles. The van der Waals surface area contributed by atoms with E-state index in [1.807, 2.05) is 29.2 Å². The molecule has 0 saturated carbocycles. The first-order valence-corrected chi connectivity index (χ1v) is 9.46. The molecule has 3 rings (SSSR count). The minimum atomic E-state index is 0.182. The minimum Gasteiger partial charge on any atom is -0.337 e. The van der Waals surface area contributed by atoms with Gasteiger partial charge < -0.3 is 4.90 Å². The molecule has 2 aromatic rings. The molecule has 1 aliphatic heterocycles. The molecule has 0 spiro atoms. The second kappa shape index (κ2) is 7.38. The number of aromatic amines is 1. The third kappa shape index (κ3) is 3.80. The molecule has 0 aliphatic carbocycles. The number of likely N-dealkylation sites (tertiary alicyclic amines) is 1. The van der Waals surface area contributed by atoms with Crippen LogP contribution in [0.1, 0.15) is 38.7 Å². The van der Waals surface area contributed by atoms with Gasteiger partial charge in [0.05, 0.1) is 5.75 Å². The van der Waals surface area contributed by atoms with Crippen LogP contribution in [0.25, 0.3) is 11.4 Å². The van der Waals surface area contributed by atoms with Gasteiger partial charge in [-0.3, -0.25) is 9.89 Å². The third-order valence-electron chi connectivity index (χ3n) is 4.60. The maximum Gasteiger partial charge on any atom is 0.233 e. The zero-order valence-electron chi connectivity index (χ0n) is 14.5. The van der Waals surface area contributed by atoms with E-state index in [4.69, 9.17) is 0 Å². The lowest BCUT2D eigenvalue weighted by Gasteiger charge is -2.39. The van der Waals surface area contributed by atoms with Gasteiger partial charge in [-0.15, -0.1) is 5.10 Å². The highest BCUT2D eigenvalue weighted by Gasteiger charge is 2.28. The van der Waals surface area contributed by atoms with Crippen LogP contribution in [0, 0.1) is 6.92 Å². The van der Waals surface area contributed by atoms with Crippen molar-refractivity contribution in [1.82, 2.24) is 20.1 Å². The van der Waals surface area contributed by atoms with Crippen molar-refractivity contribution in [2.45, 2.75) is 57.3 Å². The Morgan fingerprint density at radius 3 is 2.58 bits per heavy atom. The highest BCUT2D eigenvalue weighted by molar-refractivity contribution is 7.99. The molecular weight excluding hydrogens is 320 g/mol. The lowest BCUT2D eigenvalue weighted by Crippen LogP contribution is -2.48. The van der Waals surface area contributed by atoms with Crippen LogP contribution in [0.15, 0.2) is 29.4 Å². The van der Waals surface area contributed by atoms with Crippen LogP contribution >= 0.6 is 11.8 Å². The van der Waals surface area contributed by atoms with Gasteiger partial charge in [0.1, 0.15) is 0 Å². The Hall–Kier alpha value is -1.82. The van der Waals surface area contributed by atoms with Crippen LogP contribution in [0.5, 0.6) is 0 Å². The number of aromatic nitrogens is 3. The highest BCUT2D eigenvalue weighted by Crippen LogP contribution is 2.25. The van der Waals surface area contributed by atoms with Crippen molar-refractivity contribution < 1.29 is 4.79 Å². The summed E-state index contributed by atoms with van der Waals surface area (Å²) in [6.07, 6.45) is 3.40. The van der Waals surface area contributed by atoms with Gasteiger partial charge in [-0.2, -0.15) is 0 Å². The fraction of sp³-hybridized carbons (Fsp3) is 0.500. The zero-order valence-corrected chi connectivity index (χ0v) is 15.3. The monoisotopic (exact) mass is 344 g/mol. The molecule has 2 atom stereocenters. The first-order valence-electron chi connectivity index (χ1n) is 8.48. The number of hydrogen-bond acceptors (Lipinski definition) is 4. The number of benzene rings is 1. The number of hydrogen-bond donors (Lipinski definition) is 1. The Labute approximate surface area is 147 Å². The van der Waals surface area contributed by atoms with Gasteiger partial charge >= 0.3 is 0 Å². The van der Waals surface area contributed by atoms with Gasteiger partial charge in [0, 0.05) is 17.6 Å². The second-order valence-electron chi connectivity index (χ2n) is 6.55. The molecule has 5 nitrogen and oxygen atoms in total. The van der Waals surface area contributed by atoms with Crippen LogP contribution < -0.4 is 0 Å². The van der Waals surface area contributed by atoms with E-state index in [0.717, 1.165) is 24.2 Å². The normalized spacial score (nSPS) is 21.0. The summed E-state index contributed by atoms with van der Waals surface area (Å²) in [5, 5.41) is 7.80. The molecule has 0 unspecified atom stereocenters. The van der Waals surface area contributed by atoms with E-state index in [1.54, 1.807) is 0 Å². The summed E-state index contributed by atoms with van der Waals surface area (Å²) in [7, 11) is 0. The van der Waals surface area contributed by atoms with Gasteiger partial charge in [-0.1, -0.05) is 41.6 Å². The number of thioether (sulfide) groups is 1. The number of H-pyrrole nitrogens is 1. The van der Waals surface area contributed by atoms with Crippen LogP contribution in [-0.4, -0.2) is 43.8 Å². The number of piperidine rings is 1. The molecule has 0 radical (unpaired) electrons. The largest absolute Gasteiger partial charge is 0.337 e. The summed E-state index contributed by atoms with van der Waals surface area (Å²) in [5.41, 5.74) is 2.22. The van der Waals surface area contributed by atoms with Crippen molar-refractivity contribution in [1.29, 1.82) is 0 Å². The van der Waals surface area contributed by atoms with Gasteiger partial charge in [-0.25, -0.2) is 4.98 Å². The van der Waals surface area contributed by atoms with Gasteiger partial charge in [0.25, 0.3) is 0 Å². The van der Waals surface area contributed by atoms with E-state index in [2.05, 4.69) is 36.0 Å². The van der Waals surface area contributed by atoms with E-state index in [0.29, 0.717) is 23.0 Å². The Kier molecular flexibility index (Phi) is 5.23. The number of nitrogens with zero attached hydrogens (tertiary/aromatic N) is 3. The average Bonchev–Trinajstić information content (AvgIpc) is 3.02. The van der Waals surface area contributed by atoms with Crippen molar-refractivity contribution in [3.8, 4) is 11.4 Å². The van der Waals surface area contributed by atoms with E-state index < -0.39 is 0 Å². The van der Waals surface area contributed by atoms with Crippen LogP contribution in [0.4, 0.5) is 0 Å². The number of carbonyl (C=O) groups is 1. The molecule has 1 aromatic carbocycles. The van der Waals surface area contributed by atoms with Gasteiger partial charge in [0.2, 0.25) is 11.1 Å². The molecule has 24 heavy (non-hydrogen) atoms. The summed E-state index contributed by atoms with van der Waals surface area (Å²) in [5.74, 6) is 1.31. The number of aryl methyl sites for hydroxylation is 1. The fourth-order valence-electron chi connectivity index (χ4n) is 3.27. The smallest absolute Gasteiger partial charge is 0.233 e. The zero-order chi connectivity index (χ0) is 17.1. The lowest BCUT2D eigenvalue weighted by molar-refractivity contribution is -0.134. The van der Waals surface area contributed by atoms with Crippen molar-refractivity contribution in [2.24, 2.45) is 0 Å². The predicted octanol–water partition coefficient (Wildman–Crippen LogP) is 3.66. The quantitative estimate of drug-likeness (QED) is 0.860. The third-order valence-corrected chi connectivity index (χ3v) is 5.43. The molecule has 128 valence electrons. The van der Waals surface area contributed by atoms with E-state index >= 15 is 0 Å². The van der Waals surface area contributed by atoms with Crippen molar-refractivity contribution >= 4 is 17.7 Å². The SMILES string of the molecule is Cc1ccc(-c2nc(SCC(=O)N3[C@H](C)CCC[C@H]3C)n[nH]2)cc1.